The second kappa shape index (κ2) is 8.91. The SMILES string of the molecule is Cc1nnc(C(CCCN2CC3CCC(CC3)C2)(c2ccccc2)c2ccccn2)o1. The highest BCUT2D eigenvalue weighted by molar-refractivity contribution is 5.42. The van der Waals surface area contributed by atoms with Gasteiger partial charge in [-0.1, -0.05) is 36.4 Å². The Balaban J connectivity index is 1.46. The Labute approximate surface area is 184 Å². The molecule has 0 N–H and O–H groups in total. The fourth-order valence-electron chi connectivity index (χ4n) is 5.72. The van der Waals surface area contributed by atoms with Crippen molar-refractivity contribution in [2.45, 2.75) is 50.9 Å². The molecular weight excluding hydrogens is 384 g/mol. The predicted octanol–water partition coefficient (Wildman–Crippen LogP) is 5.01. The standard InChI is InChI=1S/C26H32N4O/c1-20-28-29-25(31-20)26(23-8-3-2-4-9-23,24-10-5-6-16-27-24)15-7-17-30-18-21-11-12-22(19-30)14-13-21/h2-6,8-10,16,21-22H,7,11-15,17-19H2,1H3. The van der Waals surface area contributed by atoms with Crippen molar-refractivity contribution in [2.75, 3.05) is 19.6 Å². The van der Waals surface area contributed by atoms with E-state index in [0.29, 0.717) is 11.8 Å². The minimum Gasteiger partial charge on any atom is -0.424 e. The summed E-state index contributed by atoms with van der Waals surface area (Å²) in [7, 11) is 0. The summed E-state index contributed by atoms with van der Waals surface area (Å²) in [6.45, 7) is 5.50. The molecule has 5 nitrogen and oxygen atoms in total. The third-order valence-electron chi connectivity index (χ3n) is 7.29. The number of fused-ring (bicyclic) bond motifs is 4. The van der Waals surface area contributed by atoms with Crippen LogP contribution >= 0.6 is 0 Å². The molecule has 0 amide bonds. The molecule has 1 unspecified atom stereocenters. The van der Waals surface area contributed by atoms with Gasteiger partial charge in [0.25, 0.3) is 0 Å². The molecule has 2 bridgehead atoms. The van der Waals surface area contributed by atoms with Crippen LogP contribution in [0.2, 0.25) is 0 Å². The normalized spacial score (nSPS) is 23.4. The van der Waals surface area contributed by atoms with E-state index in [-0.39, 0.29) is 0 Å². The molecule has 0 radical (unpaired) electrons. The van der Waals surface area contributed by atoms with Crippen LogP contribution in [0.15, 0.2) is 59.1 Å². The Hall–Kier alpha value is -2.53. The number of hydrogen-bond donors (Lipinski definition) is 0. The van der Waals surface area contributed by atoms with E-state index >= 15 is 0 Å². The fourth-order valence-corrected chi connectivity index (χ4v) is 5.72. The summed E-state index contributed by atoms with van der Waals surface area (Å²) >= 11 is 0. The molecule has 1 saturated carbocycles. The maximum Gasteiger partial charge on any atom is 0.233 e. The first kappa shape index (κ1) is 20.4. The number of benzene rings is 1. The van der Waals surface area contributed by atoms with Gasteiger partial charge in [0.1, 0.15) is 5.41 Å². The van der Waals surface area contributed by atoms with Gasteiger partial charge in [-0.2, -0.15) is 0 Å². The first-order chi connectivity index (χ1) is 15.2. The van der Waals surface area contributed by atoms with Crippen LogP contribution in [-0.4, -0.2) is 39.7 Å². The van der Waals surface area contributed by atoms with Crippen LogP contribution in [0.4, 0.5) is 0 Å². The van der Waals surface area contributed by atoms with Gasteiger partial charge in [-0.25, -0.2) is 0 Å². The lowest BCUT2D eigenvalue weighted by Gasteiger charge is -2.32. The maximum atomic E-state index is 6.09. The monoisotopic (exact) mass is 416 g/mol. The van der Waals surface area contributed by atoms with E-state index in [0.717, 1.165) is 42.5 Å². The lowest BCUT2D eigenvalue weighted by atomic mass is 9.73. The predicted molar refractivity (Wildman–Crippen MR) is 121 cm³/mol. The van der Waals surface area contributed by atoms with Crippen molar-refractivity contribution in [1.82, 2.24) is 20.1 Å². The zero-order valence-corrected chi connectivity index (χ0v) is 18.4. The third kappa shape index (κ3) is 4.16. The molecule has 1 atom stereocenters. The average Bonchev–Trinajstić information content (AvgIpc) is 3.04. The van der Waals surface area contributed by atoms with E-state index in [2.05, 4.69) is 57.6 Å². The molecule has 3 fully saturated rings. The zero-order valence-electron chi connectivity index (χ0n) is 18.4. The van der Waals surface area contributed by atoms with Crippen LogP contribution in [0.5, 0.6) is 0 Å². The van der Waals surface area contributed by atoms with E-state index in [1.807, 2.05) is 19.2 Å². The van der Waals surface area contributed by atoms with Crippen LogP contribution in [0.1, 0.15) is 61.6 Å². The molecule has 2 saturated heterocycles. The number of rotatable bonds is 7. The van der Waals surface area contributed by atoms with Gasteiger partial charge < -0.3 is 9.32 Å². The maximum absolute atomic E-state index is 6.09. The zero-order chi connectivity index (χ0) is 21.1. The number of pyridine rings is 1. The van der Waals surface area contributed by atoms with Crippen molar-refractivity contribution in [3.05, 3.63) is 77.8 Å². The summed E-state index contributed by atoms with van der Waals surface area (Å²) in [5, 5.41) is 8.70. The summed E-state index contributed by atoms with van der Waals surface area (Å²) in [6.07, 6.45) is 9.50. The third-order valence-corrected chi connectivity index (χ3v) is 7.29. The Kier molecular flexibility index (Phi) is 5.86. The van der Waals surface area contributed by atoms with Crippen molar-refractivity contribution in [3.8, 4) is 0 Å². The van der Waals surface area contributed by atoms with Gasteiger partial charge in [0.05, 0.1) is 5.69 Å². The molecule has 31 heavy (non-hydrogen) atoms. The molecule has 2 aromatic heterocycles. The lowest BCUT2D eigenvalue weighted by molar-refractivity contribution is 0.239. The van der Waals surface area contributed by atoms with Crippen LogP contribution < -0.4 is 0 Å². The molecular formula is C26H32N4O. The van der Waals surface area contributed by atoms with Crippen molar-refractivity contribution >= 4 is 0 Å². The van der Waals surface area contributed by atoms with Gasteiger partial charge in [0.2, 0.25) is 11.8 Å². The van der Waals surface area contributed by atoms with Gasteiger partial charge in [0, 0.05) is 26.2 Å². The molecule has 6 rings (SSSR count). The molecule has 2 aliphatic heterocycles. The van der Waals surface area contributed by atoms with Crippen molar-refractivity contribution in [3.63, 3.8) is 0 Å². The molecule has 1 aliphatic carbocycles. The molecule has 3 aromatic rings. The lowest BCUT2D eigenvalue weighted by Crippen LogP contribution is -2.34. The van der Waals surface area contributed by atoms with Crippen molar-refractivity contribution in [1.29, 1.82) is 0 Å². The molecule has 162 valence electrons. The molecule has 0 spiro atoms. The van der Waals surface area contributed by atoms with E-state index in [1.54, 1.807) is 0 Å². The van der Waals surface area contributed by atoms with Gasteiger partial charge in [-0.3, -0.25) is 4.98 Å². The van der Waals surface area contributed by atoms with Gasteiger partial charge >= 0.3 is 0 Å². The van der Waals surface area contributed by atoms with Crippen LogP contribution in [0, 0.1) is 18.8 Å². The average molecular weight is 417 g/mol. The first-order valence-electron chi connectivity index (χ1n) is 11.7. The number of aromatic nitrogens is 3. The summed E-state index contributed by atoms with van der Waals surface area (Å²) in [5.41, 5.74) is 1.60. The van der Waals surface area contributed by atoms with E-state index in [9.17, 15) is 0 Å². The topological polar surface area (TPSA) is 55.1 Å². The highest BCUT2D eigenvalue weighted by atomic mass is 16.4. The second-order valence-electron chi connectivity index (χ2n) is 9.36. The number of aryl methyl sites for hydroxylation is 1. The highest BCUT2D eigenvalue weighted by Gasteiger charge is 2.42. The Morgan fingerprint density at radius 1 is 0.935 bits per heavy atom. The van der Waals surface area contributed by atoms with E-state index in [1.165, 1.54) is 38.8 Å². The molecule has 3 aliphatic rings. The van der Waals surface area contributed by atoms with E-state index in [4.69, 9.17) is 9.40 Å². The minimum absolute atomic E-state index is 0.533. The second-order valence-corrected chi connectivity index (χ2v) is 9.36. The van der Waals surface area contributed by atoms with Crippen molar-refractivity contribution in [2.24, 2.45) is 11.8 Å². The van der Waals surface area contributed by atoms with Gasteiger partial charge in [-0.05, 0) is 74.6 Å². The van der Waals surface area contributed by atoms with Crippen LogP contribution in [-0.2, 0) is 5.41 Å². The Bertz CT molecular complexity index is 910. The molecule has 5 heteroatoms. The minimum atomic E-state index is -0.533. The summed E-state index contributed by atoms with van der Waals surface area (Å²) < 4.78 is 6.09. The van der Waals surface area contributed by atoms with Gasteiger partial charge in [-0.15, -0.1) is 10.2 Å². The molecule has 4 heterocycles. The molecule has 1 aromatic carbocycles. The quantitative estimate of drug-likeness (QED) is 0.542. The van der Waals surface area contributed by atoms with E-state index < -0.39 is 5.41 Å². The smallest absolute Gasteiger partial charge is 0.233 e. The summed E-state index contributed by atoms with van der Waals surface area (Å²) in [4.78, 5) is 7.50. The summed E-state index contributed by atoms with van der Waals surface area (Å²) in [5.74, 6) is 3.03. The van der Waals surface area contributed by atoms with Crippen LogP contribution in [0.25, 0.3) is 0 Å². The number of nitrogens with zero attached hydrogens (tertiary/aromatic N) is 4. The van der Waals surface area contributed by atoms with Crippen LogP contribution in [0.3, 0.4) is 0 Å². The fraction of sp³-hybridized carbons (Fsp3) is 0.500. The Morgan fingerprint density at radius 3 is 2.26 bits per heavy atom. The summed E-state index contributed by atoms with van der Waals surface area (Å²) in [6, 6.07) is 16.7. The Morgan fingerprint density at radius 2 is 1.65 bits per heavy atom. The largest absolute Gasteiger partial charge is 0.424 e. The van der Waals surface area contributed by atoms with Gasteiger partial charge in [0.15, 0.2) is 0 Å². The van der Waals surface area contributed by atoms with Crippen molar-refractivity contribution < 1.29 is 4.42 Å². The first-order valence-corrected chi connectivity index (χ1v) is 11.7. The highest BCUT2D eigenvalue weighted by Crippen LogP contribution is 2.42. The number of hydrogen-bond acceptors (Lipinski definition) is 5.